The first-order valence-electron chi connectivity index (χ1n) is 8.90. The zero-order chi connectivity index (χ0) is 18.8. The summed E-state index contributed by atoms with van der Waals surface area (Å²) in [6, 6.07) is 21.4. The minimum atomic E-state index is -0.367. The highest BCUT2D eigenvalue weighted by Gasteiger charge is 2.25. The van der Waals surface area contributed by atoms with Gasteiger partial charge in [-0.25, -0.2) is 0 Å². The smallest absolute Gasteiger partial charge is 0.279 e. The number of nitrogens with zero attached hydrogens (tertiary/aromatic N) is 3. The van der Waals surface area contributed by atoms with Crippen molar-refractivity contribution in [1.29, 1.82) is 0 Å². The molecule has 0 radical (unpaired) electrons. The minimum Gasteiger partial charge on any atom is -0.367 e. The Hall–Kier alpha value is -2.99. The first-order valence-corrected chi connectivity index (χ1v) is 9.31. The molecule has 3 aromatic carbocycles. The number of fused-ring (bicyclic) bond motifs is 1. The van der Waals surface area contributed by atoms with E-state index in [2.05, 4.69) is 52.3 Å². The molecule has 1 aliphatic heterocycles. The summed E-state index contributed by atoms with van der Waals surface area (Å²) in [4.78, 5) is 15.9. The molecule has 3 aromatic rings. The predicted molar refractivity (Wildman–Crippen MR) is 113 cm³/mol. The first-order chi connectivity index (χ1) is 13.1. The maximum atomic E-state index is 11.3. The summed E-state index contributed by atoms with van der Waals surface area (Å²) >= 11 is 5.58. The Balaban J connectivity index is 1.52. The zero-order valence-electron chi connectivity index (χ0n) is 14.7. The van der Waals surface area contributed by atoms with Crippen molar-refractivity contribution < 1.29 is 4.92 Å². The van der Waals surface area contributed by atoms with Gasteiger partial charge in [-0.2, -0.15) is 0 Å². The van der Waals surface area contributed by atoms with E-state index in [1.54, 1.807) is 18.2 Å². The second-order valence-electron chi connectivity index (χ2n) is 6.55. The van der Waals surface area contributed by atoms with Crippen molar-refractivity contribution in [3.05, 3.63) is 82.4 Å². The van der Waals surface area contributed by atoms with Gasteiger partial charge in [0, 0.05) is 43.3 Å². The number of hydrogen-bond acceptors (Lipinski definition) is 4. The average Bonchev–Trinajstić information content (AvgIpc) is 2.73. The van der Waals surface area contributed by atoms with Crippen LogP contribution in [-0.2, 0) is 0 Å². The van der Waals surface area contributed by atoms with E-state index < -0.39 is 0 Å². The first kappa shape index (κ1) is 17.4. The number of para-hydroxylation sites is 1. The van der Waals surface area contributed by atoms with Gasteiger partial charge in [-0.05, 0) is 17.5 Å². The van der Waals surface area contributed by atoms with E-state index in [9.17, 15) is 10.1 Å². The molecule has 1 fully saturated rings. The molecular formula is C21H19N3O2S. The lowest BCUT2D eigenvalue weighted by Gasteiger charge is -2.37. The van der Waals surface area contributed by atoms with E-state index in [0.717, 1.165) is 26.2 Å². The summed E-state index contributed by atoms with van der Waals surface area (Å²) < 4.78 is 0. The number of piperazine rings is 1. The van der Waals surface area contributed by atoms with Gasteiger partial charge in [0.05, 0.1) is 10.5 Å². The Labute approximate surface area is 163 Å². The summed E-state index contributed by atoms with van der Waals surface area (Å²) in [5.41, 5.74) is 1.82. The molecule has 0 aromatic heterocycles. The van der Waals surface area contributed by atoms with E-state index in [4.69, 9.17) is 12.2 Å². The molecule has 27 heavy (non-hydrogen) atoms. The van der Waals surface area contributed by atoms with Crippen LogP contribution in [-0.4, -0.2) is 41.0 Å². The van der Waals surface area contributed by atoms with Gasteiger partial charge in [0.2, 0.25) is 0 Å². The second-order valence-corrected chi connectivity index (χ2v) is 6.94. The van der Waals surface area contributed by atoms with Crippen LogP contribution in [0.3, 0.4) is 0 Å². The van der Waals surface area contributed by atoms with Gasteiger partial charge in [-0.3, -0.25) is 10.1 Å². The van der Waals surface area contributed by atoms with Gasteiger partial charge in [0.25, 0.3) is 5.69 Å². The Morgan fingerprint density at radius 3 is 2.33 bits per heavy atom. The number of thiocarbonyl (C=S) groups is 1. The van der Waals surface area contributed by atoms with E-state index in [1.165, 1.54) is 22.5 Å². The summed E-state index contributed by atoms with van der Waals surface area (Å²) in [6.07, 6.45) is 0. The van der Waals surface area contributed by atoms with Gasteiger partial charge in [-0.1, -0.05) is 60.7 Å². The van der Waals surface area contributed by atoms with Gasteiger partial charge >= 0.3 is 0 Å². The lowest BCUT2D eigenvalue weighted by molar-refractivity contribution is -0.385. The normalized spacial score (nSPS) is 14.4. The quantitative estimate of drug-likeness (QED) is 0.388. The van der Waals surface area contributed by atoms with Crippen molar-refractivity contribution in [2.75, 3.05) is 31.1 Å². The molecular weight excluding hydrogens is 358 g/mol. The molecule has 136 valence electrons. The van der Waals surface area contributed by atoms with Gasteiger partial charge in [-0.15, -0.1) is 0 Å². The van der Waals surface area contributed by atoms with Crippen molar-refractivity contribution in [3.8, 4) is 0 Å². The molecule has 4 rings (SSSR count). The number of nitro benzene ring substituents is 1. The largest absolute Gasteiger partial charge is 0.367 e. The molecule has 0 N–H and O–H groups in total. The molecule has 1 heterocycles. The summed E-state index contributed by atoms with van der Waals surface area (Å²) in [6.45, 7) is 3.14. The molecule has 1 saturated heterocycles. The van der Waals surface area contributed by atoms with Crippen molar-refractivity contribution in [2.45, 2.75) is 0 Å². The maximum absolute atomic E-state index is 11.3. The standard InChI is InChI=1S/C21H19N3O2S/c25-24(26)20-10-4-3-9-18(20)21(27)23-14-12-22(13-15-23)19-11-5-7-16-6-1-2-8-17(16)19/h1-11H,12-15H2. The maximum Gasteiger partial charge on any atom is 0.279 e. The molecule has 0 unspecified atom stereocenters. The predicted octanol–water partition coefficient (Wildman–Crippen LogP) is 4.25. The van der Waals surface area contributed by atoms with Crippen molar-refractivity contribution >= 4 is 39.4 Å². The number of nitro groups is 1. The molecule has 0 amide bonds. The molecule has 0 atom stereocenters. The van der Waals surface area contributed by atoms with Crippen molar-refractivity contribution in [3.63, 3.8) is 0 Å². The average molecular weight is 377 g/mol. The van der Waals surface area contributed by atoms with Crippen LogP contribution in [0.25, 0.3) is 10.8 Å². The number of anilines is 1. The van der Waals surface area contributed by atoms with Gasteiger partial charge in [0.1, 0.15) is 4.99 Å². The highest BCUT2D eigenvalue weighted by molar-refractivity contribution is 7.80. The van der Waals surface area contributed by atoms with E-state index in [1.807, 2.05) is 0 Å². The second kappa shape index (κ2) is 7.32. The molecule has 0 aliphatic carbocycles. The Morgan fingerprint density at radius 2 is 1.56 bits per heavy atom. The van der Waals surface area contributed by atoms with E-state index in [-0.39, 0.29) is 10.6 Å². The molecule has 0 saturated carbocycles. The minimum absolute atomic E-state index is 0.0685. The van der Waals surface area contributed by atoms with Crippen LogP contribution < -0.4 is 4.90 Å². The number of hydrogen-bond donors (Lipinski definition) is 0. The van der Waals surface area contributed by atoms with E-state index in [0.29, 0.717) is 10.6 Å². The number of benzene rings is 3. The van der Waals surface area contributed by atoms with E-state index >= 15 is 0 Å². The fourth-order valence-electron chi connectivity index (χ4n) is 3.62. The van der Waals surface area contributed by atoms with Crippen LogP contribution in [0, 0.1) is 10.1 Å². The fourth-order valence-corrected chi connectivity index (χ4v) is 3.97. The highest BCUT2D eigenvalue weighted by Crippen LogP contribution is 2.28. The van der Waals surface area contributed by atoms with Gasteiger partial charge < -0.3 is 9.80 Å². The van der Waals surface area contributed by atoms with Crippen molar-refractivity contribution in [2.24, 2.45) is 0 Å². The van der Waals surface area contributed by atoms with Crippen molar-refractivity contribution in [1.82, 2.24) is 4.90 Å². The van der Waals surface area contributed by atoms with Crippen LogP contribution in [0.5, 0.6) is 0 Å². The summed E-state index contributed by atoms with van der Waals surface area (Å²) in [7, 11) is 0. The third kappa shape index (κ3) is 3.36. The SMILES string of the molecule is O=[N+]([O-])c1ccccc1C(=S)N1CCN(c2cccc3ccccc23)CC1. The molecule has 1 aliphatic rings. The Morgan fingerprint density at radius 1 is 0.889 bits per heavy atom. The van der Waals surface area contributed by atoms with Gasteiger partial charge in [0.15, 0.2) is 0 Å². The fraction of sp³-hybridized carbons (Fsp3) is 0.190. The summed E-state index contributed by atoms with van der Waals surface area (Å²) in [5.74, 6) is 0. The van der Waals surface area contributed by atoms with Crippen LogP contribution in [0.2, 0.25) is 0 Å². The molecule has 0 bridgehead atoms. The Kier molecular flexibility index (Phi) is 4.73. The van der Waals surface area contributed by atoms with Crippen LogP contribution in [0.1, 0.15) is 5.56 Å². The third-order valence-corrected chi connectivity index (χ3v) is 5.48. The molecule has 0 spiro atoms. The monoisotopic (exact) mass is 377 g/mol. The van der Waals surface area contributed by atoms with Crippen LogP contribution >= 0.6 is 12.2 Å². The topological polar surface area (TPSA) is 49.6 Å². The molecule has 6 heteroatoms. The third-order valence-electron chi connectivity index (χ3n) is 5.01. The summed E-state index contributed by atoms with van der Waals surface area (Å²) in [5, 5.41) is 13.8. The Bertz CT molecular complexity index is 1010. The highest BCUT2D eigenvalue weighted by atomic mass is 32.1. The lowest BCUT2D eigenvalue weighted by atomic mass is 10.1. The zero-order valence-corrected chi connectivity index (χ0v) is 15.6. The number of rotatable bonds is 3. The lowest BCUT2D eigenvalue weighted by Crippen LogP contribution is -2.48. The van der Waals surface area contributed by atoms with Crippen LogP contribution in [0.4, 0.5) is 11.4 Å². The molecule has 5 nitrogen and oxygen atoms in total. The van der Waals surface area contributed by atoms with Crippen LogP contribution in [0.15, 0.2) is 66.7 Å².